The molecule has 6 heteroatoms. The average molecular weight is 490 g/mol. The van der Waals surface area contributed by atoms with Gasteiger partial charge in [0.25, 0.3) is 5.91 Å². The van der Waals surface area contributed by atoms with E-state index in [0.717, 1.165) is 33.9 Å². The van der Waals surface area contributed by atoms with Crippen LogP contribution in [0.5, 0.6) is 11.5 Å². The molecule has 0 aliphatic heterocycles. The van der Waals surface area contributed by atoms with Crippen molar-refractivity contribution in [2.24, 2.45) is 0 Å². The van der Waals surface area contributed by atoms with Crippen LogP contribution in [0.15, 0.2) is 109 Å². The zero-order valence-corrected chi connectivity index (χ0v) is 20.5. The molecule has 6 nitrogen and oxygen atoms in total. The van der Waals surface area contributed by atoms with Crippen LogP contribution < -0.4 is 14.8 Å². The second kappa shape index (κ2) is 11.3. The average Bonchev–Trinajstić information content (AvgIpc) is 3.40. The number of imidazole rings is 1. The highest BCUT2D eigenvalue weighted by molar-refractivity contribution is 5.93. The molecule has 0 aliphatic rings. The van der Waals surface area contributed by atoms with Crippen molar-refractivity contribution in [1.29, 1.82) is 0 Å². The fourth-order valence-electron chi connectivity index (χ4n) is 4.02. The summed E-state index contributed by atoms with van der Waals surface area (Å²) < 4.78 is 11.3. The van der Waals surface area contributed by atoms with Crippen molar-refractivity contribution in [2.75, 3.05) is 18.5 Å². The number of para-hydroxylation sites is 2. The van der Waals surface area contributed by atoms with Crippen molar-refractivity contribution in [1.82, 2.24) is 9.97 Å². The summed E-state index contributed by atoms with van der Waals surface area (Å²) in [7, 11) is 0. The number of anilines is 1. The molecule has 0 fully saturated rings. The molecule has 1 amide bonds. The number of benzene rings is 4. The molecule has 184 valence electrons. The van der Waals surface area contributed by atoms with Crippen LogP contribution in [0, 0.1) is 0 Å². The van der Waals surface area contributed by atoms with Crippen LogP contribution >= 0.6 is 0 Å². The third-order valence-corrected chi connectivity index (χ3v) is 5.77. The van der Waals surface area contributed by atoms with E-state index in [-0.39, 0.29) is 12.5 Å². The number of ether oxygens (including phenoxy) is 2. The predicted octanol–water partition coefficient (Wildman–Crippen LogP) is 6.83. The largest absolute Gasteiger partial charge is 0.492 e. The highest BCUT2D eigenvalue weighted by atomic mass is 16.5. The van der Waals surface area contributed by atoms with Gasteiger partial charge in [0.2, 0.25) is 0 Å². The first kappa shape index (κ1) is 23.9. The molecule has 0 saturated heterocycles. The van der Waals surface area contributed by atoms with Crippen LogP contribution in [-0.4, -0.2) is 29.1 Å². The topological polar surface area (TPSA) is 76.2 Å². The molecule has 0 radical (unpaired) electrons. The fraction of sp³-hybridized carbons (Fsp3) is 0.0968. The fourth-order valence-corrected chi connectivity index (χ4v) is 4.02. The lowest BCUT2D eigenvalue weighted by molar-refractivity contribution is -0.118. The van der Waals surface area contributed by atoms with Gasteiger partial charge in [0.1, 0.15) is 17.3 Å². The standard InChI is InChI=1S/C31H27N3O3/c1-2-36-27-16-10-9-15-26(27)32-28(35)21-37-25-19-17-24(18-20-25)31-33-29(22-11-5-3-6-12-22)30(34-31)23-13-7-4-8-14-23/h3-20H,2,21H2,1H3,(H,32,35)(H,33,34). The molecule has 0 unspecified atom stereocenters. The van der Waals surface area contributed by atoms with Crippen LogP contribution in [0.3, 0.4) is 0 Å². The molecule has 37 heavy (non-hydrogen) atoms. The van der Waals surface area contributed by atoms with Crippen molar-refractivity contribution in [3.8, 4) is 45.4 Å². The Morgan fingerprint density at radius 3 is 2.11 bits per heavy atom. The van der Waals surface area contributed by atoms with Crippen LogP contribution in [0.4, 0.5) is 5.69 Å². The molecule has 0 saturated carbocycles. The Bertz CT molecular complexity index is 1410. The molecule has 0 atom stereocenters. The molecular weight excluding hydrogens is 462 g/mol. The number of nitrogens with one attached hydrogen (secondary N) is 2. The zero-order chi connectivity index (χ0) is 25.5. The Kier molecular flexibility index (Phi) is 7.27. The lowest BCUT2D eigenvalue weighted by Gasteiger charge is -2.12. The summed E-state index contributed by atoms with van der Waals surface area (Å²) in [6, 6.07) is 35.2. The van der Waals surface area contributed by atoms with Gasteiger partial charge in [0, 0.05) is 16.7 Å². The number of H-pyrrole nitrogens is 1. The number of nitrogens with zero attached hydrogens (tertiary/aromatic N) is 1. The number of rotatable bonds is 9. The van der Waals surface area contributed by atoms with E-state index in [4.69, 9.17) is 14.5 Å². The van der Waals surface area contributed by atoms with Crippen molar-refractivity contribution >= 4 is 11.6 Å². The van der Waals surface area contributed by atoms with E-state index in [9.17, 15) is 4.79 Å². The van der Waals surface area contributed by atoms with Gasteiger partial charge in [-0.05, 0) is 43.3 Å². The minimum absolute atomic E-state index is 0.114. The van der Waals surface area contributed by atoms with Gasteiger partial charge in [0.05, 0.1) is 23.7 Å². The van der Waals surface area contributed by atoms with Crippen molar-refractivity contribution < 1.29 is 14.3 Å². The Morgan fingerprint density at radius 1 is 0.757 bits per heavy atom. The maximum Gasteiger partial charge on any atom is 0.262 e. The van der Waals surface area contributed by atoms with E-state index < -0.39 is 0 Å². The van der Waals surface area contributed by atoms with Gasteiger partial charge in [-0.1, -0.05) is 72.8 Å². The van der Waals surface area contributed by atoms with E-state index in [2.05, 4.69) is 34.6 Å². The summed E-state index contributed by atoms with van der Waals surface area (Å²) in [6.07, 6.45) is 0. The van der Waals surface area contributed by atoms with Gasteiger partial charge in [-0.25, -0.2) is 4.98 Å². The van der Waals surface area contributed by atoms with Crippen LogP contribution in [-0.2, 0) is 4.79 Å². The van der Waals surface area contributed by atoms with Gasteiger partial charge in [-0.2, -0.15) is 0 Å². The molecule has 2 N–H and O–H groups in total. The number of carbonyl (C=O) groups is 1. The number of amides is 1. The number of aromatic amines is 1. The van der Waals surface area contributed by atoms with E-state index in [0.29, 0.717) is 23.8 Å². The quantitative estimate of drug-likeness (QED) is 0.238. The van der Waals surface area contributed by atoms with Gasteiger partial charge >= 0.3 is 0 Å². The highest BCUT2D eigenvalue weighted by Gasteiger charge is 2.15. The summed E-state index contributed by atoms with van der Waals surface area (Å²) in [4.78, 5) is 20.9. The maximum atomic E-state index is 12.4. The van der Waals surface area contributed by atoms with Crippen molar-refractivity contribution in [3.63, 3.8) is 0 Å². The summed E-state index contributed by atoms with van der Waals surface area (Å²) in [5.74, 6) is 1.72. The lowest BCUT2D eigenvalue weighted by atomic mass is 10.1. The van der Waals surface area contributed by atoms with Gasteiger partial charge in [-0.15, -0.1) is 0 Å². The molecule has 5 aromatic rings. The summed E-state index contributed by atoms with van der Waals surface area (Å²) >= 11 is 0. The van der Waals surface area contributed by atoms with Gasteiger partial charge < -0.3 is 19.8 Å². The molecule has 0 aliphatic carbocycles. The number of hydrogen-bond donors (Lipinski definition) is 2. The van der Waals surface area contributed by atoms with Gasteiger partial charge in [-0.3, -0.25) is 4.79 Å². The molecule has 5 rings (SSSR count). The molecule has 1 aromatic heterocycles. The number of hydrogen-bond acceptors (Lipinski definition) is 4. The lowest BCUT2D eigenvalue weighted by Crippen LogP contribution is -2.20. The van der Waals surface area contributed by atoms with Crippen LogP contribution in [0.2, 0.25) is 0 Å². The summed E-state index contributed by atoms with van der Waals surface area (Å²) in [5, 5.41) is 2.84. The predicted molar refractivity (Wildman–Crippen MR) is 147 cm³/mol. The Morgan fingerprint density at radius 2 is 1.41 bits per heavy atom. The minimum atomic E-state index is -0.262. The first-order valence-electron chi connectivity index (χ1n) is 12.2. The van der Waals surface area contributed by atoms with E-state index in [1.165, 1.54) is 0 Å². The van der Waals surface area contributed by atoms with Crippen molar-refractivity contribution in [3.05, 3.63) is 109 Å². The molecule has 0 spiro atoms. The number of aromatic nitrogens is 2. The second-order valence-electron chi connectivity index (χ2n) is 8.33. The highest BCUT2D eigenvalue weighted by Crippen LogP contribution is 2.33. The maximum absolute atomic E-state index is 12.4. The normalized spacial score (nSPS) is 10.6. The molecule has 4 aromatic carbocycles. The third kappa shape index (κ3) is 5.70. The first-order valence-corrected chi connectivity index (χ1v) is 12.2. The SMILES string of the molecule is CCOc1ccccc1NC(=O)COc1ccc(-c2nc(-c3ccccc3)c(-c3ccccc3)[nH]2)cc1. The van der Waals surface area contributed by atoms with E-state index in [1.54, 1.807) is 6.07 Å². The Hall–Kier alpha value is -4.84. The van der Waals surface area contributed by atoms with E-state index in [1.807, 2.05) is 85.8 Å². The Labute approximate surface area is 215 Å². The minimum Gasteiger partial charge on any atom is -0.492 e. The molecule has 1 heterocycles. The zero-order valence-electron chi connectivity index (χ0n) is 20.5. The first-order chi connectivity index (χ1) is 18.2. The summed E-state index contributed by atoms with van der Waals surface area (Å²) in [5.41, 5.74) is 5.51. The smallest absolute Gasteiger partial charge is 0.262 e. The summed E-state index contributed by atoms with van der Waals surface area (Å²) in [6.45, 7) is 2.31. The third-order valence-electron chi connectivity index (χ3n) is 5.77. The van der Waals surface area contributed by atoms with Crippen LogP contribution in [0.1, 0.15) is 6.92 Å². The monoisotopic (exact) mass is 489 g/mol. The number of carbonyl (C=O) groups excluding carboxylic acids is 1. The van der Waals surface area contributed by atoms with Crippen molar-refractivity contribution in [2.45, 2.75) is 6.92 Å². The second-order valence-corrected chi connectivity index (χ2v) is 8.33. The molecule has 0 bridgehead atoms. The van der Waals surface area contributed by atoms with E-state index >= 15 is 0 Å². The van der Waals surface area contributed by atoms with Crippen LogP contribution in [0.25, 0.3) is 33.9 Å². The Balaban J connectivity index is 1.30. The molecular formula is C31H27N3O3. The van der Waals surface area contributed by atoms with Gasteiger partial charge in [0.15, 0.2) is 6.61 Å².